The second kappa shape index (κ2) is 28.5. The summed E-state index contributed by atoms with van der Waals surface area (Å²) in [5, 5.41) is 21.1. The molecule has 6 aliphatic rings. The highest BCUT2D eigenvalue weighted by molar-refractivity contribution is 6.08. The van der Waals surface area contributed by atoms with E-state index in [1.54, 1.807) is 24.3 Å². The summed E-state index contributed by atoms with van der Waals surface area (Å²) in [5.41, 5.74) is 1.59. The maximum Gasteiger partial charge on any atom is 0.408 e. The van der Waals surface area contributed by atoms with Crippen molar-refractivity contribution in [2.75, 3.05) is 97.8 Å². The van der Waals surface area contributed by atoms with Gasteiger partial charge in [-0.1, -0.05) is 13.8 Å². The molecule has 0 radical (unpaired) electrons. The normalized spacial score (nSPS) is 18.1. The molecule has 12 rings (SSSR count). The Labute approximate surface area is 545 Å². The Morgan fingerprint density at radius 1 is 0.536 bits per heavy atom. The van der Waals surface area contributed by atoms with Crippen LogP contribution >= 0.6 is 0 Å². The van der Waals surface area contributed by atoms with Gasteiger partial charge in [0.05, 0.1) is 59.8 Å². The molecule has 6 bridgehead atoms. The molecule has 8 amide bonds. The van der Waals surface area contributed by atoms with Gasteiger partial charge in [0.2, 0.25) is 5.95 Å². The van der Waals surface area contributed by atoms with Crippen molar-refractivity contribution in [1.29, 1.82) is 0 Å². The van der Waals surface area contributed by atoms with Gasteiger partial charge in [-0.15, -0.1) is 0 Å². The minimum absolute atomic E-state index is 0.0644. The zero-order chi connectivity index (χ0) is 69.8. The monoisotopic (exact) mass is 1360 g/mol. The Morgan fingerprint density at radius 2 is 0.990 bits per heavy atom. The number of amides is 8. The fourth-order valence-electron chi connectivity index (χ4n) is 11.4. The van der Waals surface area contributed by atoms with Gasteiger partial charge in [0, 0.05) is 82.8 Å². The molecule has 0 spiro atoms. The number of ketones is 2. The molecule has 12 heterocycles. The average molecular weight is 1370 g/mol. The summed E-state index contributed by atoms with van der Waals surface area (Å²) in [6, 6.07) is 11.4. The molecule has 3 saturated heterocycles. The number of Topliss-reactive ketones (excluding diaryl/α,β-unsaturated/α-hetero) is 2. The summed E-state index contributed by atoms with van der Waals surface area (Å²) in [5.74, 6) is -6.12. The Balaban J connectivity index is 0.000000159. The van der Waals surface area contributed by atoms with Crippen LogP contribution in [0.2, 0.25) is 0 Å². The van der Waals surface area contributed by atoms with E-state index in [0.29, 0.717) is 75.6 Å². The molecule has 6 aliphatic heterocycles. The van der Waals surface area contributed by atoms with E-state index in [2.05, 4.69) is 56.2 Å². The molecule has 26 nitrogen and oxygen atoms in total. The number of hydrogen-bond acceptors (Lipinski definition) is 18. The first-order valence-corrected chi connectivity index (χ1v) is 30.3. The van der Waals surface area contributed by atoms with Crippen molar-refractivity contribution in [2.24, 2.45) is 11.8 Å². The summed E-state index contributed by atoms with van der Waals surface area (Å²) < 4.78 is 129. The minimum atomic E-state index is -4.61. The van der Waals surface area contributed by atoms with Crippen LogP contribution in [0.1, 0.15) is 94.7 Å². The number of pyridine rings is 5. The third kappa shape index (κ3) is 16.0. The molecule has 0 unspecified atom stereocenters. The predicted molar refractivity (Wildman–Crippen MR) is 330 cm³/mol. The number of alkyl halides is 9. The van der Waals surface area contributed by atoms with E-state index in [9.17, 15) is 77.5 Å². The lowest BCUT2D eigenvalue weighted by molar-refractivity contribution is -0.169. The number of halogens is 10. The van der Waals surface area contributed by atoms with E-state index in [1.165, 1.54) is 69.7 Å². The number of nitrogens with one attached hydrogen (secondary N) is 5. The predicted octanol–water partition coefficient (Wildman–Crippen LogP) is 8.80. The van der Waals surface area contributed by atoms with Crippen molar-refractivity contribution in [1.82, 2.24) is 45.5 Å². The average Bonchev–Trinajstić information content (AvgIpc) is 1.72. The molecule has 6 N–H and O–H groups in total. The van der Waals surface area contributed by atoms with Crippen LogP contribution in [0.3, 0.4) is 0 Å². The zero-order valence-corrected chi connectivity index (χ0v) is 51.7. The Hall–Kier alpha value is -10.4. The number of nitrogens with zero attached hydrogens (tertiary/aromatic N) is 13. The Bertz CT molecular complexity index is 3950. The number of aromatic nitrogens is 7. The molecular formula is C61H62F10N18O8. The largest absolute Gasteiger partial charge is 0.408 e. The van der Waals surface area contributed by atoms with Crippen LogP contribution in [0.4, 0.5) is 110 Å². The van der Waals surface area contributed by atoms with E-state index >= 15 is 0 Å². The highest BCUT2D eigenvalue weighted by atomic mass is 19.4. The third-order valence-corrected chi connectivity index (χ3v) is 16.7. The maximum absolute atomic E-state index is 13.3. The first-order valence-electron chi connectivity index (χ1n) is 30.3. The van der Waals surface area contributed by atoms with Crippen molar-refractivity contribution in [3.63, 3.8) is 0 Å². The summed E-state index contributed by atoms with van der Waals surface area (Å²) >= 11 is 0. The number of carbonyl (C=O) groups is 7. The third-order valence-electron chi connectivity index (χ3n) is 16.7. The van der Waals surface area contributed by atoms with Gasteiger partial charge >= 0.3 is 36.6 Å². The fourth-order valence-corrected chi connectivity index (χ4v) is 11.4. The Morgan fingerprint density at radius 3 is 1.43 bits per heavy atom. The molecular weight excluding hydrogens is 1300 g/mol. The molecule has 6 aromatic heterocycles. The standard InChI is InChI=1S/C22H24F3N7O4.C20H19F4N5O2.C19H19F3N6O2/c1-12(22(23,24)25)28-20(35)15-2-3-16-18(29-15)32(14-5-8-31(16)11-14)21(36)30-17-10-13(4-6-26-17)19(34)27-7-9-33;1-11(20(22,23)24)8-16(30)14-3-4-15-18(26-14)29(13-6-7-28(15)10-13)19(31)27-17-5-2-12(21)9-25-17;1-11(19(20,21)22)9-15(29)13-3-4-14-16(25-13)28(12-5-8-27(14)10-12)18(30)26-17-23-6-2-7-24-17/h2-4,6,10,12,14,33H,5,7-9,11H2,1H3,(H,27,34)(H,28,35)(H,26,30,36);2-5,9,11,13H,6-8,10H2,1H3,(H,25,27,31);2-4,6-7,11-12H,5,8-10H2,1H3,(H,23,24,26,30)/t12-,14+;11-,13-;11-,12-/m100/s1. The lowest BCUT2D eigenvalue weighted by atomic mass is 10.0. The topological polar surface area (TPSA) is 310 Å². The highest BCUT2D eigenvalue weighted by Crippen LogP contribution is 2.43. The molecule has 3 fully saturated rings. The number of aliphatic hydroxyl groups excluding tert-OH is 1. The van der Waals surface area contributed by atoms with Gasteiger partial charge in [0.25, 0.3) is 11.8 Å². The molecule has 6 aromatic rings. The van der Waals surface area contributed by atoms with Gasteiger partial charge in [-0.05, 0) is 92.9 Å². The number of rotatable bonds is 14. The molecule has 0 saturated carbocycles. The van der Waals surface area contributed by atoms with E-state index in [0.717, 1.165) is 33.0 Å². The smallest absolute Gasteiger partial charge is 0.395 e. The van der Waals surface area contributed by atoms with Crippen molar-refractivity contribution in [3.05, 3.63) is 120 Å². The van der Waals surface area contributed by atoms with Crippen LogP contribution in [0.25, 0.3) is 0 Å². The minimum Gasteiger partial charge on any atom is -0.395 e. The van der Waals surface area contributed by atoms with Gasteiger partial charge in [-0.2, -0.15) is 39.5 Å². The van der Waals surface area contributed by atoms with Crippen LogP contribution in [0, 0.1) is 17.7 Å². The molecule has 6 atom stereocenters. The summed E-state index contributed by atoms with van der Waals surface area (Å²) in [6.07, 6.45) is -7.73. The number of aliphatic hydroxyl groups is 1. The quantitative estimate of drug-likeness (QED) is 0.0438. The van der Waals surface area contributed by atoms with Crippen LogP contribution in [-0.4, -0.2) is 177 Å². The van der Waals surface area contributed by atoms with Crippen molar-refractivity contribution >= 4 is 93.6 Å². The molecule has 97 heavy (non-hydrogen) atoms. The lowest BCUT2D eigenvalue weighted by Crippen LogP contribution is -2.49. The molecule has 0 aliphatic carbocycles. The maximum atomic E-state index is 13.3. The Kier molecular flexibility index (Phi) is 20.4. The van der Waals surface area contributed by atoms with E-state index in [1.807, 2.05) is 20.0 Å². The molecule has 514 valence electrons. The van der Waals surface area contributed by atoms with Crippen molar-refractivity contribution in [2.45, 2.75) is 95.6 Å². The van der Waals surface area contributed by atoms with Crippen LogP contribution in [-0.2, 0) is 0 Å². The van der Waals surface area contributed by atoms with Gasteiger partial charge in [0.1, 0.15) is 40.6 Å². The van der Waals surface area contributed by atoms with Crippen LogP contribution in [0.15, 0.2) is 91.5 Å². The second-order valence-corrected chi connectivity index (χ2v) is 23.4. The SMILES string of the molecule is C[C@@H](CC(=O)c1ccc2c(n1)N(C(=O)Nc1ccc(F)cn1)[C@H]1CCN2C1)C(F)(F)F.C[C@@H](CC(=O)c1ccc2c(n1)N(C(=O)Nc1ncccn1)[C@H]1CCN2C1)C(F)(F)F.C[C@@H](NC(=O)c1ccc2c(n1)N(C(=O)Nc1cc(C(=O)NCCO)ccn1)[C@H]1CCN2C1)C(F)(F)F. The van der Waals surface area contributed by atoms with Crippen LogP contribution < -0.4 is 56.0 Å². The van der Waals surface area contributed by atoms with Crippen LogP contribution in [0.5, 0.6) is 0 Å². The first-order chi connectivity index (χ1) is 45.9. The first kappa shape index (κ1) is 69.4. The van der Waals surface area contributed by atoms with Gasteiger partial charge in [0.15, 0.2) is 29.0 Å². The highest BCUT2D eigenvalue weighted by Gasteiger charge is 2.46. The summed E-state index contributed by atoms with van der Waals surface area (Å²) in [4.78, 5) is 128. The van der Waals surface area contributed by atoms with Crippen molar-refractivity contribution < 1.29 is 82.6 Å². The number of anilines is 9. The van der Waals surface area contributed by atoms with E-state index in [-0.39, 0.29) is 89.0 Å². The number of carbonyl (C=O) groups excluding carboxylic acids is 7. The fraction of sp³-hybridized carbons (Fsp3) is 0.410. The second-order valence-electron chi connectivity index (χ2n) is 23.4. The van der Waals surface area contributed by atoms with E-state index in [4.69, 9.17) is 5.11 Å². The summed E-state index contributed by atoms with van der Waals surface area (Å²) in [7, 11) is 0. The van der Waals surface area contributed by atoms with Crippen molar-refractivity contribution in [3.8, 4) is 0 Å². The summed E-state index contributed by atoms with van der Waals surface area (Å²) in [6.45, 7) is 6.29. The number of hydrogen-bond donors (Lipinski definition) is 6. The van der Waals surface area contributed by atoms with Gasteiger partial charge < -0.3 is 30.4 Å². The van der Waals surface area contributed by atoms with E-state index < -0.39 is 96.5 Å². The lowest BCUT2D eigenvalue weighted by Gasteiger charge is -2.35. The van der Waals surface area contributed by atoms with Gasteiger partial charge in [-0.3, -0.25) is 49.8 Å². The molecule has 0 aromatic carbocycles. The molecule has 36 heteroatoms. The number of fused-ring (bicyclic) bond motifs is 12. The number of urea groups is 3. The zero-order valence-electron chi connectivity index (χ0n) is 51.7. The van der Waals surface area contributed by atoms with Gasteiger partial charge in [-0.25, -0.2) is 53.7 Å².